The van der Waals surface area contributed by atoms with Crippen LogP contribution in [0.15, 0.2) is 42.5 Å². The first kappa shape index (κ1) is 20.2. The van der Waals surface area contributed by atoms with Crippen LogP contribution in [0.25, 0.3) is 0 Å². The van der Waals surface area contributed by atoms with Crippen molar-refractivity contribution in [3.8, 4) is 5.75 Å². The Kier molecular flexibility index (Phi) is 7.11. The van der Waals surface area contributed by atoms with Crippen LogP contribution in [0.3, 0.4) is 0 Å². The van der Waals surface area contributed by atoms with Gasteiger partial charge in [-0.05, 0) is 62.2 Å². The van der Waals surface area contributed by atoms with E-state index in [1.165, 1.54) is 13.8 Å². The van der Waals surface area contributed by atoms with E-state index in [1.807, 2.05) is 6.92 Å². The molecular formula is C21H24N2O4. The van der Waals surface area contributed by atoms with Crippen LogP contribution in [-0.4, -0.2) is 24.2 Å². The Hall–Kier alpha value is -3.15. The lowest BCUT2D eigenvalue weighted by Crippen LogP contribution is -2.15. The van der Waals surface area contributed by atoms with E-state index in [2.05, 4.69) is 10.6 Å². The van der Waals surface area contributed by atoms with Gasteiger partial charge in [-0.3, -0.25) is 14.4 Å². The van der Waals surface area contributed by atoms with Crippen molar-refractivity contribution in [2.45, 2.75) is 33.6 Å². The predicted octanol–water partition coefficient (Wildman–Crippen LogP) is 3.95. The highest BCUT2D eigenvalue weighted by Gasteiger charge is 2.09. The molecule has 6 nitrogen and oxygen atoms in total. The highest BCUT2D eigenvalue weighted by molar-refractivity contribution is 5.95. The number of hydrogen-bond acceptors (Lipinski definition) is 4. The van der Waals surface area contributed by atoms with E-state index in [1.54, 1.807) is 42.5 Å². The molecule has 0 saturated carbocycles. The topological polar surface area (TPSA) is 84.5 Å². The average Bonchev–Trinajstić information content (AvgIpc) is 2.62. The zero-order chi connectivity index (χ0) is 19.8. The normalized spacial score (nSPS) is 10.2. The third-order valence-electron chi connectivity index (χ3n) is 4.00. The van der Waals surface area contributed by atoms with Gasteiger partial charge in [-0.25, -0.2) is 0 Å². The number of benzene rings is 2. The van der Waals surface area contributed by atoms with E-state index >= 15 is 0 Å². The van der Waals surface area contributed by atoms with Crippen LogP contribution in [0.1, 0.15) is 42.6 Å². The summed E-state index contributed by atoms with van der Waals surface area (Å²) in [4.78, 5) is 34.6. The number of amides is 2. The summed E-state index contributed by atoms with van der Waals surface area (Å²) >= 11 is 0. The minimum absolute atomic E-state index is 0.0103. The molecule has 2 aromatic rings. The Labute approximate surface area is 158 Å². The van der Waals surface area contributed by atoms with Crippen molar-refractivity contribution in [1.82, 2.24) is 0 Å². The summed E-state index contributed by atoms with van der Waals surface area (Å²) in [6.45, 7) is 5.20. The largest absolute Gasteiger partial charge is 0.494 e. The molecule has 0 radical (unpaired) electrons. The van der Waals surface area contributed by atoms with E-state index in [9.17, 15) is 14.4 Å². The fraction of sp³-hybridized carbons (Fsp3) is 0.286. The van der Waals surface area contributed by atoms with E-state index in [0.717, 1.165) is 5.56 Å². The molecule has 0 bridgehead atoms. The second-order valence-electron chi connectivity index (χ2n) is 6.24. The standard InChI is InChI=1S/C21H24N2O4/c1-14-19(22-16(3)25)6-4-7-20(14)23-21(26)8-5-13-27-18-11-9-17(10-12-18)15(2)24/h4,6-7,9-12H,5,8,13H2,1-3H3,(H,22,25)(H,23,26). The van der Waals surface area contributed by atoms with E-state index < -0.39 is 0 Å². The molecule has 2 rings (SSSR count). The molecule has 27 heavy (non-hydrogen) atoms. The number of rotatable bonds is 8. The summed E-state index contributed by atoms with van der Waals surface area (Å²) in [5, 5.41) is 5.60. The summed E-state index contributed by atoms with van der Waals surface area (Å²) in [5.74, 6) is 0.402. The molecule has 0 unspecified atom stereocenters. The Bertz CT molecular complexity index is 829. The Morgan fingerprint density at radius 3 is 2.15 bits per heavy atom. The molecule has 0 aromatic heterocycles. The predicted molar refractivity (Wildman–Crippen MR) is 105 cm³/mol. The number of ketones is 1. The smallest absolute Gasteiger partial charge is 0.224 e. The molecule has 0 saturated heterocycles. The summed E-state index contributed by atoms with van der Waals surface area (Å²) < 4.78 is 5.59. The maximum atomic E-state index is 12.1. The minimum Gasteiger partial charge on any atom is -0.494 e. The van der Waals surface area contributed by atoms with Gasteiger partial charge in [-0.1, -0.05) is 6.07 Å². The van der Waals surface area contributed by atoms with Gasteiger partial charge in [0.15, 0.2) is 5.78 Å². The van der Waals surface area contributed by atoms with Gasteiger partial charge in [0.25, 0.3) is 0 Å². The number of anilines is 2. The number of ether oxygens (including phenoxy) is 1. The third kappa shape index (κ3) is 6.26. The summed E-state index contributed by atoms with van der Waals surface area (Å²) in [6.07, 6.45) is 0.875. The van der Waals surface area contributed by atoms with Gasteiger partial charge in [0, 0.05) is 30.3 Å². The third-order valence-corrected chi connectivity index (χ3v) is 4.00. The van der Waals surface area contributed by atoms with E-state index in [-0.39, 0.29) is 17.6 Å². The summed E-state index contributed by atoms with van der Waals surface area (Å²) in [5.41, 5.74) is 2.80. The first-order valence-corrected chi connectivity index (χ1v) is 8.77. The van der Waals surface area contributed by atoms with Gasteiger partial charge in [-0.2, -0.15) is 0 Å². The van der Waals surface area contributed by atoms with Gasteiger partial charge in [0.05, 0.1) is 6.61 Å². The van der Waals surface area contributed by atoms with Crippen molar-refractivity contribution in [2.75, 3.05) is 17.2 Å². The molecule has 0 fully saturated rings. The van der Waals surface area contributed by atoms with Gasteiger partial charge in [-0.15, -0.1) is 0 Å². The molecule has 2 N–H and O–H groups in total. The lowest BCUT2D eigenvalue weighted by molar-refractivity contribution is -0.116. The first-order chi connectivity index (χ1) is 12.9. The summed E-state index contributed by atoms with van der Waals surface area (Å²) in [6, 6.07) is 12.3. The van der Waals surface area contributed by atoms with Crippen molar-refractivity contribution < 1.29 is 19.1 Å². The zero-order valence-corrected chi connectivity index (χ0v) is 15.8. The average molecular weight is 368 g/mol. The van der Waals surface area contributed by atoms with Gasteiger partial charge >= 0.3 is 0 Å². The highest BCUT2D eigenvalue weighted by atomic mass is 16.5. The molecule has 142 valence electrons. The molecule has 6 heteroatoms. The van der Waals surface area contributed by atoms with Crippen molar-refractivity contribution in [2.24, 2.45) is 0 Å². The van der Waals surface area contributed by atoms with Crippen LogP contribution in [-0.2, 0) is 9.59 Å². The van der Waals surface area contributed by atoms with Crippen LogP contribution in [0.2, 0.25) is 0 Å². The van der Waals surface area contributed by atoms with Crippen LogP contribution < -0.4 is 15.4 Å². The Morgan fingerprint density at radius 2 is 1.56 bits per heavy atom. The Balaban J connectivity index is 1.79. The fourth-order valence-corrected chi connectivity index (χ4v) is 2.52. The number of hydrogen-bond donors (Lipinski definition) is 2. The highest BCUT2D eigenvalue weighted by Crippen LogP contribution is 2.23. The minimum atomic E-state index is -0.157. The maximum Gasteiger partial charge on any atom is 0.224 e. The molecule has 0 aliphatic carbocycles. The monoisotopic (exact) mass is 368 g/mol. The fourth-order valence-electron chi connectivity index (χ4n) is 2.52. The Morgan fingerprint density at radius 1 is 0.926 bits per heavy atom. The maximum absolute atomic E-state index is 12.1. The van der Waals surface area contributed by atoms with Crippen molar-refractivity contribution in [3.05, 3.63) is 53.6 Å². The number of Topliss-reactive ketones (excluding diaryl/α,β-unsaturated/α-hetero) is 1. The molecule has 0 spiro atoms. The van der Waals surface area contributed by atoms with Crippen LogP contribution in [0, 0.1) is 6.92 Å². The molecular weight excluding hydrogens is 344 g/mol. The second-order valence-corrected chi connectivity index (χ2v) is 6.24. The van der Waals surface area contributed by atoms with Crippen LogP contribution >= 0.6 is 0 Å². The molecule has 2 amide bonds. The van der Waals surface area contributed by atoms with Crippen LogP contribution in [0.5, 0.6) is 5.75 Å². The molecule has 0 atom stereocenters. The first-order valence-electron chi connectivity index (χ1n) is 8.77. The second kappa shape index (κ2) is 9.52. The SMILES string of the molecule is CC(=O)Nc1cccc(NC(=O)CCCOc2ccc(C(C)=O)cc2)c1C. The quantitative estimate of drug-likeness (QED) is 0.546. The lowest BCUT2D eigenvalue weighted by atomic mass is 10.1. The van der Waals surface area contributed by atoms with Gasteiger partial charge in [0.2, 0.25) is 11.8 Å². The summed E-state index contributed by atoms with van der Waals surface area (Å²) in [7, 11) is 0. The van der Waals surface area contributed by atoms with Gasteiger partial charge in [0.1, 0.15) is 5.75 Å². The molecule has 0 aliphatic rings. The molecule has 2 aromatic carbocycles. The van der Waals surface area contributed by atoms with E-state index in [4.69, 9.17) is 4.74 Å². The molecule has 0 aliphatic heterocycles. The van der Waals surface area contributed by atoms with Crippen molar-refractivity contribution in [3.63, 3.8) is 0 Å². The number of carbonyl (C=O) groups excluding carboxylic acids is 3. The van der Waals surface area contributed by atoms with E-state index in [0.29, 0.717) is 42.1 Å². The number of nitrogens with one attached hydrogen (secondary N) is 2. The van der Waals surface area contributed by atoms with Crippen molar-refractivity contribution >= 4 is 29.0 Å². The van der Waals surface area contributed by atoms with Crippen molar-refractivity contribution in [1.29, 1.82) is 0 Å². The number of carbonyl (C=O) groups is 3. The van der Waals surface area contributed by atoms with Crippen LogP contribution in [0.4, 0.5) is 11.4 Å². The lowest BCUT2D eigenvalue weighted by Gasteiger charge is -2.13. The van der Waals surface area contributed by atoms with Gasteiger partial charge < -0.3 is 15.4 Å². The zero-order valence-electron chi connectivity index (χ0n) is 15.8. The molecule has 0 heterocycles.